The number of alkyl halides is 1. The van der Waals surface area contributed by atoms with E-state index in [0.717, 1.165) is 43.4 Å². The van der Waals surface area contributed by atoms with Gasteiger partial charge in [-0.25, -0.2) is 9.37 Å². The van der Waals surface area contributed by atoms with Crippen molar-refractivity contribution in [3.63, 3.8) is 0 Å². The summed E-state index contributed by atoms with van der Waals surface area (Å²) in [5.74, 6) is 1.61. The Bertz CT molecular complexity index is 900. The van der Waals surface area contributed by atoms with Gasteiger partial charge in [-0.1, -0.05) is 11.6 Å². The Morgan fingerprint density at radius 3 is 2.92 bits per heavy atom. The smallest absolute Gasteiger partial charge is 0.266 e. The number of nitrogens with zero attached hydrogens (tertiary/aromatic N) is 5. The van der Waals surface area contributed by atoms with Crippen LogP contribution in [0.2, 0.25) is 0 Å². The zero-order valence-electron chi connectivity index (χ0n) is 14.5. The lowest BCUT2D eigenvalue weighted by atomic mass is 9.85. The first-order valence-corrected chi connectivity index (χ1v) is 9.37. The average Bonchev–Trinajstić information content (AvgIpc) is 3.31. The first-order valence-electron chi connectivity index (χ1n) is 9.37. The van der Waals surface area contributed by atoms with Gasteiger partial charge in [0.15, 0.2) is 5.82 Å². The summed E-state index contributed by atoms with van der Waals surface area (Å²) >= 11 is 0. The van der Waals surface area contributed by atoms with Crippen molar-refractivity contribution >= 4 is 5.82 Å². The van der Waals surface area contributed by atoms with Crippen molar-refractivity contribution in [2.24, 2.45) is 0 Å². The highest BCUT2D eigenvalue weighted by Crippen LogP contribution is 2.40. The maximum atomic E-state index is 15.5. The van der Waals surface area contributed by atoms with Gasteiger partial charge in [0.2, 0.25) is 5.67 Å². The lowest BCUT2D eigenvalue weighted by Gasteiger charge is -2.21. The van der Waals surface area contributed by atoms with Crippen molar-refractivity contribution in [3.05, 3.63) is 34.6 Å². The van der Waals surface area contributed by atoms with Gasteiger partial charge in [-0.3, -0.25) is 0 Å². The molecule has 3 aliphatic rings. The van der Waals surface area contributed by atoms with Crippen LogP contribution in [0.25, 0.3) is 0 Å². The van der Waals surface area contributed by atoms with Gasteiger partial charge in [-0.15, -0.1) is 0 Å². The van der Waals surface area contributed by atoms with Crippen LogP contribution in [0.4, 0.5) is 10.2 Å². The Kier molecular flexibility index (Phi) is 3.49. The number of nitriles is 1. The van der Waals surface area contributed by atoms with Crippen molar-refractivity contribution in [1.29, 1.82) is 5.26 Å². The van der Waals surface area contributed by atoms with Crippen LogP contribution in [-0.4, -0.2) is 28.2 Å². The van der Waals surface area contributed by atoms with E-state index in [1.165, 1.54) is 6.42 Å². The van der Waals surface area contributed by atoms with E-state index in [0.29, 0.717) is 29.7 Å². The maximum absolute atomic E-state index is 15.5. The second-order valence-corrected chi connectivity index (χ2v) is 7.65. The highest BCUT2D eigenvalue weighted by Gasteiger charge is 2.46. The summed E-state index contributed by atoms with van der Waals surface area (Å²) in [5.41, 5.74) is 1.04. The average molecular weight is 353 g/mol. The van der Waals surface area contributed by atoms with Crippen molar-refractivity contribution in [2.45, 2.75) is 56.5 Å². The maximum Gasteiger partial charge on any atom is 0.266 e. The first-order chi connectivity index (χ1) is 12.7. The van der Waals surface area contributed by atoms with Gasteiger partial charge in [-0.2, -0.15) is 10.2 Å². The quantitative estimate of drug-likeness (QED) is 0.843. The number of fused-ring (bicyclic) bond motifs is 1. The Morgan fingerprint density at radius 1 is 1.27 bits per heavy atom. The Morgan fingerprint density at radius 2 is 2.15 bits per heavy atom. The molecule has 0 aromatic carbocycles. The van der Waals surface area contributed by atoms with Gasteiger partial charge < -0.3 is 9.42 Å². The van der Waals surface area contributed by atoms with Crippen LogP contribution in [0.3, 0.4) is 0 Å². The van der Waals surface area contributed by atoms with Gasteiger partial charge in [-0.05, 0) is 43.7 Å². The summed E-state index contributed by atoms with van der Waals surface area (Å²) in [5, 5.41) is 13.5. The zero-order valence-corrected chi connectivity index (χ0v) is 14.5. The van der Waals surface area contributed by atoms with E-state index < -0.39 is 5.67 Å². The second kappa shape index (κ2) is 5.76. The summed E-state index contributed by atoms with van der Waals surface area (Å²) < 4.78 is 20.8. The molecule has 134 valence electrons. The summed E-state index contributed by atoms with van der Waals surface area (Å²) in [7, 11) is 0. The van der Waals surface area contributed by atoms with Gasteiger partial charge in [0.05, 0.1) is 12.1 Å². The fraction of sp³-hybridized carbons (Fsp3) is 0.579. The molecule has 1 aliphatic heterocycles. The Labute approximate surface area is 151 Å². The first kappa shape index (κ1) is 15.7. The molecule has 1 unspecified atom stereocenters. The molecule has 7 heteroatoms. The summed E-state index contributed by atoms with van der Waals surface area (Å²) in [6, 6.07) is 4.15. The molecule has 0 bridgehead atoms. The van der Waals surface area contributed by atoms with Gasteiger partial charge in [0.25, 0.3) is 5.89 Å². The lowest BCUT2D eigenvalue weighted by molar-refractivity contribution is 0.135. The third-order valence-electron chi connectivity index (χ3n) is 5.97. The third kappa shape index (κ3) is 2.39. The summed E-state index contributed by atoms with van der Waals surface area (Å²) in [6.45, 7) is 0.581. The third-order valence-corrected chi connectivity index (χ3v) is 5.97. The zero-order chi connectivity index (χ0) is 17.7. The molecule has 0 amide bonds. The predicted molar refractivity (Wildman–Crippen MR) is 91.5 cm³/mol. The van der Waals surface area contributed by atoms with Crippen molar-refractivity contribution in [3.8, 4) is 6.07 Å². The lowest BCUT2D eigenvalue weighted by Crippen LogP contribution is -2.28. The molecule has 0 spiro atoms. The van der Waals surface area contributed by atoms with Gasteiger partial charge in [0, 0.05) is 24.6 Å². The molecule has 26 heavy (non-hydrogen) atoms. The van der Waals surface area contributed by atoms with Crippen LogP contribution in [0, 0.1) is 11.3 Å². The SMILES string of the molecule is N#Cc1cc2c(nc1N1CCC(F)(c3nc(C4CCC4)no3)C1)CCC2. The monoisotopic (exact) mass is 353 g/mol. The van der Waals surface area contributed by atoms with E-state index >= 15 is 4.39 Å². The molecule has 5 rings (SSSR count). The topological polar surface area (TPSA) is 78.8 Å². The van der Waals surface area contributed by atoms with Crippen LogP contribution >= 0.6 is 0 Å². The van der Waals surface area contributed by atoms with E-state index in [1.54, 1.807) is 0 Å². The molecule has 3 heterocycles. The molecule has 1 atom stereocenters. The van der Waals surface area contributed by atoms with Crippen LogP contribution in [0.1, 0.15) is 66.6 Å². The van der Waals surface area contributed by atoms with E-state index in [2.05, 4.69) is 16.2 Å². The van der Waals surface area contributed by atoms with Gasteiger partial charge >= 0.3 is 0 Å². The van der Waals surface area contributed by atoms with Crippen molar-refractivity contribution in [2.75, 3.05) is 18.0 Å². The molecule has 0 N–H and O–H groups in total. The molecular weight excluding hydrogens is 333 g/mol. The minimum atomic E-state index is -1.68. The molecule has 1 saturated carbocycles. The number of aryl methyl sites for hydroxylation is 2. The summed E-state index contributed by atoms with van der Waals surface area (Å²) in [6.07, 6.45) is 6.50. The molecule has 2 aromatic rings. The minimum absolute atomic E-state index is 0.0709. The number of halogens is 1. The van der Waals surface area contributed by atoms with Crippen LogP contribution in [0.15, 0.2) is 10.6 Å². The molecule has 2 aliphatic carbocycles. The number of pyridine rings is 1. The number of hydrogen-bond donors (Lipinski definition) is 0. The molecule has 2 aromatic heterocycles. The van der Waals surface area contributed by atoms with E-state index in [9.17, 15) is 5.26 Å². The van der Waals surface area contributed by atoms with Crippen LogP contribution in [-0.2, 0) is 18.5 Å². The number of hydrogen-bond acceptors (Lipinski definition) is 6. The van der Waals surface area contributed by atoms with Gasteiger partial charge in [0.1, 0.15) is 11.9 Å². The largest absolute Gasteiger partial charge is 0.352 e. The molecule has 1 saturated heterocycles. The fourth-order valence-corrected chi connectivity index (χ4v) is 4.16. The Hall–Kier alpha value is -2.49. The highest BCUT2D eigenvalue weighted by atomic mass is 19.1. The molecular formula is C19H20FN5O. The number of aromatic nitrogens is 3. The second-order valence-electron chi connectivity index (χ2n) is 7.65. The number of anilines is 1. The van der Waals surface area contributed by atoms with E-state index in [4.69, 9.17) is 9.51 Å². The predicted octanol–water partition coefficient (Wildman–Crippen LogP) is 3.17. The standard InChI is InChI=1S/C19H20FN5O/c20-19(18-23-16(24-26-18)12-3-1-4-12)7-8-25(11-19)17-14(10-21)9-13-5-2-6-15(13)22-17/h9,12H,1-8,11H2. The highest BCUT2D eigenvalue weighted by molar-refractivity contribution is 5.57. The molecule has 2 fully saturated rings. The summed E-state index contributed by atoms with van der Waals surface area (Å²) in [4.78, 5) is 10.9. The molecule has 0 radical (unpaired) electrons. The number of rotatable bonds is 3. The van der Waals surface area contributed by atoms with Crippen molar-refractivity contribution < 1.29 is 8.91 Å². The van der Waals surface area contributed by atoms with E-state index in [-0.39, 0.29) is 18.9 Å². The molecule has 6 nitrogen and oxygen atoms in total. The van der Waals surface area contributed by atoms with Crippen molar-refractivity contribution in [1.82, 2.24) is 15.1 Å². The van der Waals surface area contributed by atoms with Crippen LogP contribution in [0.5, 0.6) is 0 Å². The normalized spacial score (nSPS) is 25.2. The van der Waals surface area contributed by atoms with E-state index in [1.807, 2.05) is 11.0 Å². The van der Waals surface area contributed by atoms with Crippen LogP contribution < -0.4 is 4.90 Å². The fourth-order valence-electron chi connectivity index (χ4n) is 4.16. The Balaban J connectivity index is 1.42. The minimum Gasteiger partial charge on any atom is -0.352 e.